The van der Waals surface area contributed by atoms with Gasteiger partial charge in [0.15, 0.2) is 0 Å². The van der Waals surface area contributed by atoms with Crippen molar-refractivity contribution in [3.8, 4) is 0 Å². The zero-order chi connectivity index (χ0) is 47.5. The fourth-order valence-corrected chi connectivity index (χ4v) is 14.6. The molecule has 0 amide bonds. The summed E-state index contributed by atoms with van der Waals surface area (Å²) < 4.78 is 88.5. The SMILES string of the molecule is C.C.C.C.C.C.C.C.CC1C(=O)OC(=O)C1C.CC1C(C)C2CC1C1C3CC(CC(O)(C(F)(F)F)C(F)(F)F)C(C3)C21.CC1C2CCC(C2)C1C.CCC(C)(C)C(=O)OC(C)(C)C1CC2CCC1C2.II. The van der Waals surface area contributed by atoms with Gasteiger partial charge in [0, 0.05) is 43.1 Å². The lowest BCUT2D eigenvalue weighted by atomic mass is 9.61. The van der Waals surface area contributed by atoms with Gasteiger partial charge in [-0.05, 0) is 187 Å². The quantitative estimate of drug-likeness (QED) is 0.0937. The summed E-state index contributed by atoms with van der Waals surface area (Å²) >= 11 is 4.24. The Balaban J connectivity index is -0.000000432. The Morgan fingerprint density at radius 2 is 1.03 bits per heavy atom. The summed E-state index contributed by atoms with van der Waals surface area (Å²) in [5.74, 6) is 7.63. The first-order valence-corrected chi connectivity index (χ1v) is 30.3. The standard InChI is InChI=1S/C18H24F6O.C16H28O2.C9H16.C6H8O3.8CH4.I2/c1-7-8(2)12-5-11(7)14-9-3-10(13(4-9)15(12)14)6-16(25,17(19,20)21)18(22,23)24;1-6-15(2,3)14(17)18-16(4,5)13-10-11-7-8-12(13)9-11;1-6-7(2)9-4-3-8(6)5-9;1-3-4(2)6(8)9-5(3)7;;;;;;;;;1-2/h7-15,25H,3-6H2,1-2H3;11-13H,6-10H2,1-5H3;6-9H,3-5H2,1-2H3;3-4H,1-2H3;8*1H4;. The molecule has 18 atom stereocenters. The normalized spacial score (nSPS) is 37.0. The average molecular weight is 1260 g/mol. The second-order valence-corrected chi connectivity index (χ2v) is 23.0. The van der Waals surface area contributed by atoms with E-state index in [1.54, 1.807) is 20.3 Å². The van der Waals surface area contributed by atoms with E-state index in [2.05, 4.69) is 83.5 Å². The molecule has 6 nitrogen and oxygen atoms in total. The van der Waals surface area contributed by atoms with Crippen LogP contribution in [-0.4, -0.2) is 46.6 Å². The fourth-order valence-electron chi connectivity index (χ4n) is 14.6. The third-order valence-electron chi connectivity index (χ3n) is 19.4. The van der Waals surface area contributed by atoms with Gasteiger partial charge in [-0.3, -0.25) is 14.4 Å². The molecule has 428 valence electrons. The molecule has 0 radical (unpaired) electrons. The molecular weight excluding hydrogens is 1150 g/mol. The summed E-state index contributed by atoms with van der Waals surface area (Å²) in [6, 6.07) is 0. The molecular formula is C57H108F6I2O6. The van der Waals surface area contributed by atoms with Crippen LogP contribution in [0.5, 0.6) is 0 Å². The molecule has 8 saturated carbocycles. The Bertz CT molecular complexity index is 1570. The van der Waals surface area contributed by atoms with Crippen molar-refractivity contribution in [1.82, 2.24) is 0 Å². The summed E-state index contributed by atoms with van der Waals surface area (Å²) in [5.41, 5.74) is -5.22. The van der Waals surface area contributed by atoms with Gasteiger partial charge in [0.05, 0.1) is 17.3 Å². The molecule has 1 aliphatic heterocycles. The second-order valence-electron chi connectivity index (χ2n) is 23.0. The van der Waals surface area contributed by atoms with E-state index in [0.717, 1.165) is 54.8 Å². The number of esters is 3. The minimum Gasteiger partial charge on any atom is -0.459 e. The monoisotopic (exact) mass is 1260 g/mol. The fraction of sp³-hybridized carbons (Fsp3) is 0.947. The minimum absolute atomic E-state index is 0. The second kappa shape index (κ2) is 28.8. The van der Waals surface area contributed by atoms with E-state index in [9.17, 15) is 45.8 Å². The van der Waals surface area contributed by atoms with Crippen LogP contribution in [0.3, 0.4) is 0 Å². The number of rotatable bonds is 6. The number of carbonyl (C=O) groups excluding carboxylic acids is 3. The van der Waals surface area contributed by atoms with Crippen LogP contribution in [0.2, 0.25) is 0 Å². The number of aliphatic hydroxyl groups is 1. The van der Waals surface area contributed by atoms with Crippen LogP contribution in [0.4, 0.5) is 26.3 Å². The molecule has 9 aliphatic rings. The van der Waals surface area contributed by atoms with E-state index in [0.29, 0.717) is 41.9 Å². The number of fused-ring (bicyclic) bond motifs is 13. The van der Waals surface area contributed by atoms with Gasteiger partial charge in [-0.15, -0.1) is 0 Å². The number of cyclic esters (lactones) is 2. The van der Waals surface area contributed by atoms with E-state index in [1.165, 1.54) is 38.5 Å². The molecule has 1 heterocycles. The van der Waals surface area contributed by atoms with Crippen molar-refractivity contribution in [2.45, 2.75) is 236 Å². The smallest absolute Gasteiger partial charge is 0.426 e. The van der Waals surface area contributed by atoms with E-state index in [-0.39, 0.29) is 106 Å². The van der Waals surface area contributed by atoms with E-state index in [4.69, 9.17) is 4.74 Å². The van der Waals surface area contributed by atoms with Crippen LogP contribution in [0, 0.1) is 112 Å². The van der Waals surface area contributed by atoms with Crippen LogP contribution >= 0.6 is 37.2 Å². The zero-order valence-corrected chi connectivity index (χ0v) is 43.7. The van der Waals surface area contributed by atoms with Crippen LogP contribution < -0.4 is 0 Å². The van der Waals surface area contributed by atoms with Crippen molar-refractivity contribution in [2.75, 3.05) is 0 Å². The molecule has 0 aromatic heterocycles. The first kappa shape index (κ1) is 77.1. The predicted molar refractivity (Wildman–Crippen MR) is 302 cm³/mol. The third-order valence-corrected chi connectivity index (χ3v) is 19.4. The summed E-state index contributed by atoms with van der Waals surface area (Å²) in [6.07, 6.45) is 0.452. The third kappa shape index (κ3) is 15.2. The summed E-state index contributed by atoms with van der Waals surface area (Å²) in [7, 11) is 0. The molecule has 1 saturated heterocycles. The lowest BCUT2D eigenvalue weighted by molar-refractivity contribution is -0.373. The zero-order valence-electron chi connectivity index (χ0n) is 39.4. The Hall–Kier alpha value is -0.390. The number of alkyl halides is 6. The highest BCUT2D eigenvalue weighted by Gasteiger charge is 2.73. The maximum Gasteiger partial charge on any atom is 0.426 e. The number of carbonyl (C=O) groups is 3. The first-order valence-electron chi connectivity index (χ1n) is 24.0. The number of hydrogen-bond acceptors (Lipinski definition) is 6. The number of ether oxygens (including phenoxy) is 2. The van der Waals surface area contributed by atoms with Gasteiger partial charge in [0.1, 0.15) is 5.60 Å². The van der Waals surface area contributed by atoms with Crippen molar-refractivity contribution in [3.05, 3.63) is 0 Å². The van der Waals surface area contributed by atoms with Crippen molar-refractivity contribution in [3.63, 3.8) is 0 Å². The van der Waals surface area contributed by atoms with Crippen molar-refractivity contribution in [2.24, 2.45) is 112 Å². The molecule has 18 unspecified atom stereocenters. The lowest BCUT2D eigenvalue weighted by Gasteiger charge is -2.45. The van der Waals surface area contributed by atoms with Crippen LogP contribution in [-0.2, 0) is 23.9 Å². The van der Waals surface area contributed by atoms with Gasteiger partial charge < -0.3 is 14.6 Å². The largest absolute Gasteiger partial charge is 0.459 e. The molecule has 8 bridgehead atoms. The summed E-state index contributed by atoms with van der Waals surface area (Å²) in [5, 5.41) is 9.59. The van der Waals surface area contributed by atoms with E-state index in [1.807, 2.05) is 20.8 Å². The Morgan fingerprint density at radius 1 is 0.592 bits per heavy atom. The number of halogens is 8. The predicted octanol–water partition coefficient (Wildman–Crippen LogP) is 19.1. The highest BCUT2D eigenvalue weighted by atomic mass is 128. The summed E-state index contributed by atoms with van der Waals surface area (Å²) in [6.45, 7) is 22.9. The molecule has 14 heteroatoms. The molecule has 9 rings (SSSR count). The van der Waals surface area contributed by atoms with Gasteiger partial charge >= 0.3 is 30.3 Å². The van der Waals surface area contributed by atoms with Gasteiger partial charge in [0.25, 0.3) is 5.60 Å². The van der Waals surface area contributed by atoms with Gasteiger partial charge in [-0.2, -0.15) is 26.3 Å². The van der Waals surface area contributed by atoms with Crippen molar-refractivity contribution >= 4 is 55.1 Å². The summed E-state index contributed by atoms with van der Waals surface area (Å²) in [4.78, 5) is 33.4. The first-order chi connectivity index (χ1) is 29.0. The minimum atomic E-state index is -5.69. The topological polar surface area (TPSA) is 89.9 Å². The van der Waals surface area contributed by atoms with Crippen LogP contribution in [0.1, 0.15) is 213 Å². The van der Waals surface area contributed by atoms with Crippen LogP contribution in [0.25, 0.3) is 0 Å². The maximum absolute atomic E-state index is 13.1. The van der Waals surface area contributed by atoms with Crippen LogP contribution in [0.15, 0.2) is 0 Å². The maximum atomic E-state index is 13.1. The molecule has 9 fully saturated rings. The molecule has 1 N–H and O–H groups in total. The van der Waals surface area contributed by atoms with Gasteiger partial charge in [-0.1, -0.05) is 114 Å². The highest BCUT2D eigenvalue weighted by molar-refractivity contribution is 15.0. The Labute approximate surface area is 455 Å². The lowest BCUT2D eigenvalue weighted by Crippen LogP contribution is -2.58. The van der Waals surface area contributed by atoms with Gasteiger partial charge in [-0.25, -0.2) is 0 Å². The molecule has 8 aliphatic carbocycles. The van der Waals surface area contributed by atoms with Gasteiger partial charge in [0.2, 0.25) is 0 Å². The molecule has 0 aromatic carbocycles. The number of hydrogen-bond donors (Lipinski definition) is 1. The molecule has 71 heavy (non-hydrogen) atoms. The highest BCUT2D eigenvalue weighted by Crippen LogP contribution is 2.72. The average Bonchev–Trinajstić information content (AvgIpc) is 4.09. The molecule has 0 spiro atoms. The van der Waals surface area contributed by atoms with Crippen molar-refractivity contribution < 1.29 is 55.3 Å². The van der Waals surface area contributed by atoms with Crippen molar-refractivity contribution in [1.29, 1.82) is 0 Å². The Morgan fingerprint density at radius 3 is 1.37 bits per heavy atom. The Kier molecular flexibility index (Phi) is 31.3. The van der Waals surface area contributed by atoms with E-state index >= 15 is 0 Å². The molecule has 0 aromatic rings. The van der Waals surface area contributed by atoms with E-state index < -0.39 is 42.2 Å².